The Balaban J connectivity index is 2.99. The lowest BCUT2D eigenvalue weighted by Gasteiger charge is -1.92. The van der Waals surface area contributed by atoms with Crippen LogP contribution in [0.4, 0.5) is 5.00 Å². The summed E-state index contributed by atoms with van der Waals surface area (Å²) in [5.41, 5.74) is 0.976. The smallest absolute Gasteiger partial charge is 0.357 e. The number of hydrogen-bond acceptors (Lipinski definition) is 5. The van der Waals surface area contributed by atoms with Crippen LogP contribution in [0.2, 0.25) is 0 Å². The molecule has 0 amide bonds. The van der Waals surface area contributed by atoms with E-state index in [2.05, 4.69) is 4.98 Å². The highest BCUT2D eigenvalue weighted by Gasteiger charge is 2.12. The van der Waals surface area contributed by atoms with E-state index in [0.717, 1.165) is 11.3 Å². The molecule has 0 aromatic carbocycles. The van der Waals surface area contributed by atoms with Crippen molar-refractivity contribution >= 4 is 33.2 Å². The number of nitrogens with one attached hydrogen (secondary N) is 1. The highest BCUT2D eigenvalue weighted by molar-refractivity contribution is 7.74. The maximum atomic E-state index is 10.4. The van der Waals surface area contributed by atoms with Crippen LogP contribution in [0.3, 0.4) is 0 Å². The van der Waals surface area contributed by atoms with Gasteiger partial charge in [-0.2, -0.15) is 0 Å². The van der Waals surface area contributed by atoms with Gasteiger partial charge < -0.3 is 5.11 Å². The van der Waals surface area contributed by atoms with E-state index in [1.165, 1.54) is 5.51 Å². The molecule has 0 unspecified atom stereocenters. The molecule has 0 atom stereocenters. The van der Waals surface area contributed by atoms with Gasteiger partial charge in [0.05, 0.1) is 5.51 Å². The SMILES string of the molecule is O=C(O)c1ncsc1N[SH](=O)=O. The van der Waals surface area contributed by atoms with Crippen LogP contribution in [0.5, 0.6) is 0 Å². The van der Waals surface area contributed by atoms with Crippen LogP contribution in [0, 0.1) is 0 Å². The van der Waals surface area contributed by atoms with Crippen molar-refractivity contribution in [1.82, 2.24) is 4.98 Å². The van der Waals surface area contributed by atoms with Crippen LogP contribution >= 0.6 is 11.3 Å². The Morgan fingerprint density at radius 3 is 2.83 bits per heavy atom. The third-order valence-corrected chi connectivity index (χ3v) is 2.26. The molecule has 0 saturated heterocycles. The summed E-state index contributed by atoms with van der Waals surface area (Å²) < 4.78 is 22.3. The molecule has 0 aliphatic heterocycles. The van der Waals surface area contributed by atoms with Crippen molar-refractivity contribution in [3.05, 3.63) is 11.2 Å². The summed E-state index contributed by atoms with van der Waals surface area (Å²) in [4.78, 5) is 13.8. The first-order valence-corrected chi connectivity index (χ1v) is 4.75. The molecule has 1 aromatic heterocycles. The lowest BCUT2D eigenvalue weighted by molar-refractivity contribution is 0.0692. The van der Waals surface area contributed by atoms with Gasteiger partial charge in [0.2, 0.25) is 10.9 Å². The highest BCUT2D eigenvalue weighted by atomic mass is 32.2. The Bertz CT molecular complexity index is 361. The zero-order valence-corrected chi connectivity index (χ0v) is 7.26. The first-order valence-electron chi connectivity index (χ1n) is 2.69. The number of carbonyl (C=O) groups is 1. The predicted molar refractivity (Wildman–Crippen MR) is 43.0 cm³/mol. The molecule has 0 saturated carbocycles. The third kappa shape index (κ3) is 1.92. The van der Waals surface area contributed by atoms with Crippen LogP contribution in [0.25, 0.3) is 0 Å². The van der Waals surface area contributed by atoms with Crippen molar-refractivity contribution in [1.29, 1.82) is 0 Å². The number of carboxylic acids is 1. The van der Waals surface area contributed by atoms with Crippen LogP contribution in [-0.2, 0) is 10.9 Å². The minimum Gasteiger partial charge on any atom is -0.476 e. The number of anilines is 1. The fourth-order valence-corrected chi connectivity index (χ4v) is 1.78. The molecule has 0 aliphatic rings. The van der Waals surface area contributed by atoms with E-state index in [1.807, 2.05) is 4.72 Å². The van der Waals surface area contributed by atoms with E-state index in [-0.39, 0.29) is 10.7 Å². The van der Waals surface area contributed by atoms with Crippen molar-refractivity contribution < 1.29 is 18.3 Å². The normalized spacial score (nSPS) is 10.1. The van der Waals surface area contributed by atoms with Crippen molar-refractivity contribution in [3.8, 4) is 0 Å². The van der Waals surface area contributed by atoms with Crippen molar-refractivity contribution in [2.75, 3.05) is 4.72 Å². The first-order chi connectivity index (χ1) is 5.61. The van der Waals surface area contributed by atoms with Gasteiger partial charge in [0, 0.05) is 0 Å². The maximum Gasteiger partial charge on any atom is 0.357 e. The van der Waals surface area contributed by atoms with Gasteiger partial charge in [-0.3, -0.25) is 4.72 Å². The van der Waals surface area contributed by atoms with Crippen LogP contribution in [-0.4, -0.2) is 24.5 Å². The molecule has 0 spiro atoms. The zero-order chi connectivity index (χ0) is 9.14. The van der Waals surface area contributed by atoms with Gasteiger partial charge in [0.15, 0.2) is 5.69 Å². The number of aromatic carboxylic acids is 1. The Hall–Kier alpha value is -1.15. The number of nitrogens with zero attached hydrogens (tertiary/aromatic N) is 1. The minimum atomic E-state index is -2.83. The minimum absolute atomic E-state index is 0.0265. The van der Waals surface area contributed by atoms with E-state index in [1.54, 1.807) is 0 Å². The summed E-state index contributed by atoms with van der Waals surface area (Å²) in [6.07, 6.45) is 0. The summed E-state index contributed by atoms with van der Waals surface area (Å²) in [5.74, 6) is -1.25. The Kier molecular flexibility index (Phi) is 2.61. The Morgan fingerprint density at radius 2 is 2.33 bits per heavy atom. The van der Waals surface area contributed by atoms with Crippen LogP contribution < -0.4 is 4.72 Å². The molecule has 0 aliphatic carbocycles. The second-order valence-corrected chi connectivity index (χ2v) is 3.30. The van der Waals surface area contributed by atoms with Gasteiger partial charge in [-0.05, 0) is 0 Å². The zero-order valence-electron chi connectivity index (χ0n) is 5.55. The van der Waals surface area contributed by atoms with E-state index < -0.39 is 16.9 Å². The van der Waals surface area contributed by atoms with E-state index in [0.29, 0.717) is 0 Å². The summed E-state index contributed by atoms with van der Waals surface area (Å²) in [6.45, 7) is 0. The molecule has 0 bridgehead atoms. The quantitative estimate of drug-likeness (QED) is 0.597. The van der Waals surface area contributed by atoms with Gasteiger partial charge in [-0.1, -0.05) is 0 Å². The van der Waals surface area contributed by atoms with Crippen molar-refractivity contribution in [2.24, 2.45) is 0 Å². The van der Waals surface area contributed by atoms with E-state index >= 15 is 0 Å². The number of rotatable bonds is 3. The number of aromatic nitrogens is 1. The molecule has 2 N–H and O–H groups in total. The van der Waals surface area contributed by atoms with Gasteiger partial charge in [-0.25, -0.2) is 18.2 Å². The van der Waals surface area contributed by atoms with Crippen LogP contribution in [0.15, 0.2) is 5.51 Å². The Labute approximate surface area is 73.0 Å². The lowest BCUT2D eigenvalue weighted by atomic mass is 10.5. The summed E-state index contributed by atoms with van der Waals surface area (Å²) in [6, 6.07) is 0. The second kappa shape index (κ2) is 3.50. The fraction of sp³-hybridized carbons (Fsp3) is 0. The standard InChI is InChI=1S/C4H4N2O4S2/c7-4(8)2-3(6-12(9)10)11-1-5-2/h1,12H,(H,7,8)(H,6,9,10). The van der Waals surface area contributed by atoms with Crippen LogP contribution in [0.1, 0.15) is 10.5 Å². The molecule has 1 heterocycles. The molecule has 0 fully saturated rings. The number of thiol groups is 1. The van der Waals surface area contributed by atoms with E-state index in [4.69, 9.17) is 5.11 Å². The molecular formula is C4H4N2O4S2. The molecule has 66 valence electrons. The summed E-state index contributed by atoms with van der Waals surface area (Å²) >= 11 is 0.919. The highest BCUT2D eigenvalue weighted by Crippen LogP contribution is 2.19. The lowest BCUT2D eigenvalue weighted by Crippen LogP contribution is -2.02. The molecule has 1 rings (SSSR count). The molecule has 0 radical (unpaired) electrons. The largest absolute Gasteiger partial charge is 0.476 e. The topological polar surface area (TPSA) is 96.4 Å². The molecule has 12 heavy (non-hydrogen) atoms. The maximum absolute atomic E-state index is 10.4. The second-order valence-electron chi connectivity index (χ2n) is 1.70. The van der Waals surface area contributed by atoms with Gasteiger partial charge >= 0.3 is 5.97 Å². The van der Waals surface area contributed by atoms with Gasteiger partial charge in [0.25, 0.3) is 0 Å². The molecular weight excluding hydrogens is 204 g/mol. The molecule has 6 nitrogen and oxygen atoms in total. The predicted octanol–water partition coefficient (Wildman–Crippen LogP) is -0.220. The fourth-order valence-electron chi connectivity index (χ4n) is 0.561. The molecule has 1 aromatic rings. The van der Waals surface area contributed by atoms with Crippen molar-refractivity contribution in [3.63, 3.8) is 0 Å². The number of thiazole rings is 1. The van der Waals surface area contributed by atoms with E-state index in [9.17, 15) is 13.2 Å². The third-order valence-electron chi connectivity index (χ3n) is 0.963. The Morgan fingerprint density at radius 1 is 1.67 bits per heavy atom. The van der Waals surface area contributed by atoms with Gasteiger partial charge in [0.1, 0.15) is 5.00 Å². The average molecular weight is 208 g/mol. The average Bonchev–Trinajstić information content (AvgIpc) is 2.33. The number of hydrogen-bond donors (Lipinski definition) is 3. The molecule has 8 heteroatoms. The van der Waals surface area contributed by atoms with Crippen molar-refractivity contribution in [2.45, 2.75) is 0 Å². The summed E-state index contributed by atoms with van der Waals surface area (Å²) in [7, 11) is -2.83. The monoisotopic (exact) mass is 208 g/mol. The first kappa shape index (κ1) is 8.94. The van der Waals surface area contributed by atoms with Gasteiger partial charge in [-0.15, -0.1) is 11.3 Å². The summed E-state index contributed by atoms with van der Waals surface area (Å²) in [5, 5.41) is 8.50. The number of carboxylic acid groups (broad SMARTS) is 1.